The molecule has 1 aromatic heterocycles. The average Bonchev–Trinajstić information content (AvgIpc) is 3.22. The number of hydrogen-bond donors (Lipinski definition) is 0. The van der Waals surface area contributed by atoms with Crippen molar-refractivity contribution in [2.75, 3.05) is 0 Å². The number of aromatic nitrogens is 1. The molecule has 0 saturated heterocycles. The van der Waals surface area contributed by atoms with Gasteiger partial charge in [0.15, 0.2) is 5.72 Å². The molecule has 5 rings (SSSR count). The summed E-state index contributed by atoms with van der Waals surface area (Å²) >= 11 is 2.45. The van der Waals surface area contributed by atoms with Gasteiger partial charge in [0.25, 0.3) is 0 Å². The molecule has 1 aliphatic rings. The van der Waals surface area contributed by atoms with Crippen molar-refractivity contribution in [3.8, 4) is 0 Å². The summed E-state index contributed by atoms with van der Waals surface area (Å²) in [5, 5.41) is 1.29. The number of para-hydroxylation sites is 1. The van der Waals surface area contributed by atoms with E-state index in [2.05, 4.69) is 112 Å². The van der Waals surface area contributed by atoms with Gasteiger partial charge >= 0.3 is 0 Å². The fourth-order valence-electron chi connectivity index (χ4n) is 3.90. The van der Waals surface area contributed by atoms with Crippen molar-refractivity contribution in [1.82, 2.24) is 4.57 Å². The summed E-state index contributed by atoms with van der Waals surface area (Å²) in [6.07, 6.45) is 0. The van der Waals surface area contributed by atoms with E-state index < -0.39 is 5.72 Å². The lowest BCUT2D eigenvalue weighted by Crippen LogP contribution is -2.34. The zero-order valence-electron chi connectivity index (χ0n) is 13.5. The number of rotatable bonds is 2. The molecule has 0 radical (unpaired) electrons. The number of benzene rings is 3. The number of ether oxygens (including phenoxy) is 1. The summed E-state index contributed by atoms with van der Waals surface area (Å²) in [6.45, 7) is 0.608. The van der Waals surface area contributed by atoms with E-state index in [0.29, 0.717) is 6.61 Å². The molecule has 25 heavy (non-hydrogen) atoms. The van der Waals surface area contributed by atoms with E-state index in [1.54, 1.807) is 0 Å². The highest BCUT2D eigenvalue weighted by Crippen LogP contribution is 2.46. The molecule has 2 heterocycles. The highest BCUT2D eigenvalue weighted by atomic mass is 127. The molecule has 3 heteroatoms. The highest BCUT2D eigenvalue weighted by molar-refractivity contribution is 14.1. The Morgan fingerprint density at radius 1 is 0.760 bits per heavy atom. The van der Waals surface area contributed by atoms with Gasteiger partial charge < -0.3 is 9.30 Å². The molecule has 0 amide bonds. The van der Waals surface area contributed by atoms with Crippen LogP contribution in [0.5, 0.6) is 0 Å². The average molecular weight is 437 g/mol. The van der Waals surface area contributed by atoms with Gasteiger partial charge in [-0.05, 0) is 28.7 Å². The largest absolute Gasteiger partial charge is 0.340 e. The first-order valence-corrected chi connectivity index (χ1v) is 9.43. The maximum Gasteiger partial charge on any atom is 0.198 e. The van der Waals surface area contributed by atoms with Crippen LogP contribution in [0.2, 0.25) is 0 Å². The molecule has 4 aromatic rings. The molecular weight excluding hydrogens is 421 g/mol. The van der Waals surface area contributed by atoms with Gasteiger partial charge in [-0.1, -0.05) is 78.9 Å². The van der Waals surface area contributed by atoms with E-state index in [1.807, 2.05) is 0 Å². The number of hydrogen-bond acceptors (Lipinski definition) is 1. The molecule has 3 aromatic carbocycles. The zero-order chi connectivity index (χ0) is 16.9. The van der Waals surface area contributed by atoms with E-state index >= 15 is 0 Å². The molecule has 2 nitrogen and oxygen atoms in total. The Morgan fingerprint density at radius 3 is 1.96 bits per heavy atom. The van der Waals surface area contributed by atoms with Crippen molar-refractivity contribution in [2.24, 2.45) is 0 Å². The van der Waals surface area contributed by atoms with E-state index in [0.717, 1.165) is 11.1 Å². The topological polar surface area (TPSA) is 14.2 Å². The molecule has 0 spiro atoms. The lowest BCUT2D eigenvalue weighted by molar-refractivity contribution is -0.00986. The molecule has 1 aliphatic heterocycles. The first kappa shape index (κ1) is 15.2. The summed E-state index contributed by atoms with van der Waals surface area (Å²) in [5.41, 5.74) is 4.14. The Bertz CT molecular complexity index is 1010. The molecule has 0 atom stereocenters. The first-order chi connectivity index (χ1) is 12.3. The van der Waals surface area contributed by atoms with Gasteiger partial charge in [-0.15, -0.1) is 0 Å². The Labute approximate surface area is 160 Å². The van der Waals surface area contributed by atoms with Crippen molar-refractivity contribution < 1.29 is 4.74 Å². The van der Waals surface area contributed by atoms with Crippen molar-refractivity contribution in [2.45, 2.75) is 12.3 Å². The Hall–Kier alpha value is -2.11. The molecule has 122 valence electrons. The van der Waals surface area contributed by atoms with Crippen LogP contribution in [-0.2, 0) is 17.1 Å². The van der Waals surface area contributed by atoms with E-state index in [9.17, 15) is 0 Å². The lowest BCUT2D eigenvalue weighted by Gasteiger charge is -2.32. The minimum absolute atomic E-state index is 0.608. The smallest absolute Gasteiger partial charge is 0.198 e. The van der Waals surface area contributed by atoms with Crippen LogP contribution in [0.25, 0.3) is 10.9 Å². The third-order valence-electron chi connectivity index (χ3n) is 4.97. The van der Waals surface area contributed by atoms with Crippen LogP contribution in [0.1, 0.15) is 16.8 Å². The highest BCUT2D eigenvalue weighted by Gasteiger charge is 2.45. The summed E-state index contributed by atoms with van der Waals surface area (Å²) in [6, 6.07) is 29.6. The third kappa shape index (κ3) is 2.06. The molecule has 0 aliphatic carbocycles. The number of nitrogens with zero attached hydrogens (tertiary/aromatic N) is 1. The van der Waals surface area contributed by atoms with Crippen molar-refractivity contribution in [3.05, 3.63) is 105 Å². The van der Waals surface area contributed by atoms with E-state index in [-0.39, 0.29) is 0 Å². The van der Waals surface area contributed by atoms with Crippen LogP contribution >= 0.6 is 22.6 Å². The second kappa shape index (κ2) is 5.71. The fraction of sp³-hybridized carbons (Fsp3) is 0.0909. The Morgan fingerprint density at radius 2 is 1.32 bits per heavy atom. The van der Waals surface area contributed by atoms with Gasteiger partial charge in [-0.2, -0.15) is 0 Å². The molecule has 0 saturated carbocycles. The second-order valence-corrected chi connectivity index (χ2v) is 7.36. The first-order valence-electron chi connectivity index (χ1n) is 8.35. The standard InChI is InChI=1S/C22H16INO/c23-21-18-13-7-8-14-19(18)24-20(21)15-25-22(24,16-9-3-1-4-10-16)17-11-5-2-6-12-17/h1-14H,15H2. The monoisotopic (exact) mass is 437 g/mol. The van der Waals surface area contributed by atoms with Crippen molar-refractivity contribution >= 4 is 33.5 Å². The maximum atomic E-state index is 6.57. The minimum Gasteiger partial charge on any atom is -0.340 e. The Balaban J connectivity index is 1.92. The maximum absolute atomic E-state index is 6.57. The third-order valence-corrected chi connectivity index (χ3v) is 6.17. The fourth-order valence-corrected chi connectivity index (χ4v) is 4.75. The zero-order valence-corrected chi connectivity index (χ0v) is 15.7. The van der Waals surface area contributed by atoms with Gasteiger partial charge in [-0.25, -0.2) is 0 Å². The normalized spacial score (nSPS) is 15.4. The molecule has 0 N–H and O–H groups in total. The van der Waals surface area contributed by atoms with Crippen LogP contribution in [0.3, 0.4) is 0 Å². The predicted molar refractivity (Wildman–Crippen MR) is 109 cm³/mol. The van der Waals surface area contributed by atoms with Gasteiger partial charge in [0.2, 0.25) is 0 Å². The van der Waals surface area contributed by atoms with Crippen LogP contribution in [0.15, 0.2) is 84.9 Å². The van der Waals surface area contributed by atoms with Crippen molar-refractivity contribution in [1.29, 1.82) is 0 Å². The quantitative estimate of drug-likeness (QED) is 0.377. The SMILES string of the molecule is Ic1c2n(c3ccccc13)C(c1ccccc1)(c1ccccc1)OC2. The molecule has 0 bridgehead atoms. The summed E-state index contributed by atoms with van der Waals surface area (Å²) in [7, 11) is 0. The van der Waals surface area contributed by atoms with E-state index in [4.69, 9.17) is 4.74 Å². The minimum atomic E-state index is -0.624. The summed E-state index contributed by atoms with van der Waals surface area (Å²) in [4.78, 5) is 0. The predicted octanol–water partition coefficient (Wildman–Crippen LogP) is 5.53. The van der Waals surface area contributed by atoms with Crippen molar-refractivity contribution in [3.63, 3.8) is 0 Å². The number of fused-ring (bicyclic) bond motifs is 3. The van der Waals surface area contributed by atoms with E-state index in [1.165, 1.54) is 20.2 Å². The second-order valence-electron chi connectivity index (χ2n) is 6.28. The lowest BCUT2D eigenvalue weighted by atomic mass is 9.94. The van der Waals surface area contributed by atoms with Crippen LogP contribution in [0, 0.1) is 3.57 Å². The molecule has 0 unspecified atom stereocenters. The Kier molecular flexibility index (Phi) is 3.47. The van der Waals surface area contributed by atoms with Gasteiger partial charge in [0.1, 0.15) is 0 Å². The van der Waals surface area contributed by atoms with Crippen LogP contribution in [-0.4, -0.2) is 4.57 Å². The number of halogens is 1. The van der Waals surface area contributed by atoms with Gasteiger partial charge in [-0.3, -0.25) is 0 Å². The van der Waals surface area contributed by atoms with Gasteiger partial charge in [0.05, 0.1) is 17.8 Å². The van der Waals surface area contributed by atoms with Crippen LogP contribution < -0.4 is 0 Å². The summed E-state index contributed by atoms with van der Waals surface area (Å²) in [5.74, 6) is 0. The van der Waals surface area contributed by atoms with Gasteiger partial charge in [0, 0.05) is 20.1 Å². The van der Waals surface area contributed by atoms with Crippen LogP contribution in [0.4, 0.5) is 0 Å². The molecular formula is C22H16INO. The molecule has 0 fully saturated rings. The summed E-state index contributed by atoms with van der Waals surface area (Å²) < 4.78 is 10.2.